The van der Waals surface area contributed by atoms with Crippen LogP contribution in [0.1, 0.15) is 49.8 Å². The highest BCUT2D eigenvalue weighted by Gasteiger charge is 2.37. The van der Waals surface area contributed by atoms with E-state index in [4.69, 9.17) is 0 Å². The second-order valence-corrected chi connectivity index (χ2v) is 8.13. The van der Waals surface area contributed by atoms with Crippen molar-refractivity contribution < 1.29 is 41.0 Å². The number of nitrogens with zero attached hydrogens (tertiary/aromatic N) is 1. The van der Waals surface area contributed by atoms with Gasteiger partial charge >= 0.3 is 12.4 Å². The lowest BCUT2D eigenvalue weighted by atomic mass is 9.89. The molecule has 1 saturated heterocycles. The number of carbonyl (C=O) groups excluding carboxylic acids is 2. The van der Waals surface area contributed by atoms with E-state index in [0.717, 1.165) is 0 Å². The molecule has 2 rings (SSSR count). The van der Waals surface area contributed by atoms with Crippen molar-refractivity contribution in [2.45, 2.75) is 57.5 Å². The van der Waals surface area contributed by atoms with Gasteiger partial charge in [-0.3, -0.25) is 9.59 Å². The van der Waals surface area contributed by atoms with Gasteiger partial charge in [-0.15, -0.1) is 0 Å². The number of ketones is 1. The molecule has 0 radical (unpaired) electrons. The van der Waals surface area contributed by atoms with Crippen LogP contribution in [0.4, 0.5) is 26.3 Å². The van der Waals surface area contributed by atoms with Crippen molar-refractivity contribution in [1.29, 1.82) is 0 Å². The summed E-state index contributed by atoms with van der Waals surface area (Å²) in [4.78, 5) is 25.8. The predicted octanol–water partition coefficient (Wildman–Crippen LogP) is 4.24. The number of alkyl halides is 6. The van der Waals surface area contributed by atoms with E-state index in [1.165, 1.54) is 18.7 Å². The van der Waals surface area contributed by atoms with Crippen LogP contribution in [0.15, 0.2) is 18.2 Å². The number of piperidine rings is 1. The second-order valence-electron chi connectivity index (χ2n) is 8.13. The highest BCUT2D eigenvalue weighted by atomic mass is 19.4. The first-order valence-electron chi connectivity index (χ1n) is 9.39. The Hall–Kier alpha value is -2.10. The van der Waals surface area contributed by atoms with Crippen molar-refractivity contribution in [3.63, 3.8) is 0 Å². The third-order valence-corrected chi connectivity index (χ3v) is 4.99. The third-order valence-electron chi connectivity index (χ3n) is 4.99. The smallest absolute Gasteiger partial charge is 0.381 e. The Kier molecular flexibility index (Phi) is 6.90. The maximum absolute atomic E-state index is 12.9. The molecule has 4 nitrogen and oxygen atoms in total. The van der Waals surface area contributed by atoms with Crippen molar-refractivity contribution >= 4 is 11.7 Å². The van der Waals surface area contributed by atoms with E-state index in [2.05, 4.69) is 0 Å². The van der Waals surface area contributed by atoms with Gasteiger partial charge in [-0.2, -0.15) is 26.3 Å². The van der Waals surface area contributed by atoms with Crippen LogP contribution in [-0.2, 0) is 28.4 Å². The summed E-state index contributed by atoms with van der Waals surface area (Å²) >= 11 is 0. The maximum atomic E-state index is 12.9. The average Bonchev–Trinajstić information content (AvgIpc) is 2.59. The minimum atomic E-state index is -4.96. The number of likely N-dealkylation sites (tertiary alicyclic amines) is 1. The summed E-state index contributed by atoms with van der Waals surface area (Å²) in [7, 11) is 0. The van der Waals surface area contributed by atoms with E-state index in [1.807, 2.05) is 0 Å². The lowest BCUT2D eigenvalue weighted by Gasteiger charge is -2.35. The fourth-order valence-electron chi connectivity index (χ4n) is 3.47. The molecule has 0 saturated carbocycles. The van der Waals surface area contributed by atoms with Crippen molar-refractivity contribution in [3.05, 3.63) is 34.9 Å². The Morgan fingerprint density at radius 1 is 0.967 bits per heavy atom. The van der Waals surface area contributed by atoms with Crippen LogP contribution in [0.3, 0.4) is 0 Å². The van der Waals surface area contributed by atoms with Crippen LogP contribution in [0, 0.1) is 5.92 Å². The Labute approximate surface area is 169 Å². The molecule has 1 amide bonds. The second kappa shape index (κ2) is 8.56. The van der Waals surface area contributed by atoms with Gasteiger partial charge in [0.05, 0.1) is 11.1 Å². The molecule has 10 heteroatoms. The highest BCUT2D eigenvalue weighted by Crippen LogP contribution is 2.36. The molecular formula is C20H23F6NO3. The molecule has 0 unspecified atom stereocenters. The molecule has 1 aliphatic heterocycles. The van der Waals surface area contributed by atoms with E-state index in [-0.39, 0.29) is 24.0 Å². The minimum Gasteiger partial charge on any atom is -0.381 e. The van der Waals surface area contributed by atoms with Crippen molar-refractivity contribution in [2.75, 3.05) is 13.1 Å². The van der Waals surface area contributed by atoms with Gasteiger partial charge in [0.25, 0.3) is 5.91 Å². The molecule has 0 bridgehead atoms. The normalized spacial score (nSPS) is 16.6. The molecule has 1 aromatic carbocycles. The fraction of sp³-hybridized carbons (Fsp3) is 0.600. The minimum absolute atomic E-state index is 0.00213. The largest absolute Gasteiger partial charge is 0.416 e. The zero-order valence-electron chi connectivity index (χ0n) is 16.5. The first-order chi connectivity index (χ1) is 13.6. The zero-order valence-corrected chi connectivity index (χ0v) is 16.5. The zero-order chi connectivity index (χ0) is 22.9. The fourth-order valence-corrected chi connectivity index (χ4v) is 3.47. The van der Waals surface area contributed by atoms with Crippen LogP contribution in [0.5, 0.6) is 0 Å². The number of carbonyl (C=O) groups is 2. The molecule has 0 aromatic heterocycles. The summed E-state index contributed by atoms with van der Waals surface area (Å²) in [6.45, 7) is 3.38. The molecule has 0 spiro atoms. The molecule has 30 heavy (non-hydrogen) atoms. The van der Waals surface area contributed by atoms with Gasteiger partial charge in [0.2, 0.25) is 0 Å². The topological polar surface area (TPSA) is 57.6 Å². The van der Waals surface area contributed by atoms with Gasteiger partial charge in [-0.05, 0) is 56.4 Å². The molecule has 1 aromatic rings. The van der Waals surface area contributed by atoms with Gasteiger partial charge in [-0.25, -0.2) is 0 Å². The summed E-state index contributed by atoms with van der Waals surface area (Å²) in [6.07, 6.45) is -9.52. The first kappa shape index (κ1) is 24.2. The van der Waals surface area contributed by atoms with Gasteiger partial charge < -0.3 is 10.0 Å². The van der Waals surface area contributed by atoms with E-state index < -0.39 is 47.2 Å². The Bertz CT molecular complexity index is 755. The average molecular weight is 439 g/mol. The van der Waals surface area contributed by atoms with Gasteiger partial charge in [-0.1, -0.05) is 0 Å². The van der Waals surface area contributed by atoms with Crippen molar-refractivity contribution in [2.24, 2.45) is 5.92 Å². The Morgan fingerprint density at radius 2 is 1.43 bits per heavy atom. The number of amides is 1. The van der Waals surface area contributed by atoms with Gasteiger partial charge in [0.15, 0.2) is 0 Å². The molecule has 168 valence electrons. The first-order valence-corrected chi connectivity index (χ1v) is 9.39. The van der Waals surface area contributed by atoms with Crippen LogP contribution >= 0.6 is 0 Å². The monoisotopic (exact) mass is 439 g/mol. The SMILES string of the molecule is CC(C)(O)C(=O)N1CCC(CC(=O)Cc2cc(C(F)(F)F)cc(C(F)(F)F)c2)CC1. The molecule has 0 atom stereocenters. The molecule has 1 heterocycles. The number of rotatable bonds is 5. The lowest BCUT2D eigenvalue weighted by molar-refractivity contribution is -0.149. The van der Waals surface area contributed by atoms with E-state index in [0.29, 0.717) is 38.1 Å². The number of halogens is 6. The van der Waals surface area contributed by atoms with Crippen LogP contribution < -0.4 is 0 Å². The lowest BCUT2D eigenvalue weighted by Crippen LogP contribution is -2.48. The molecule has 1 aliphatic rings. The van der Waals surface area contributed by atoms with E-state index >= 15 is 0 Å². The Morgan fingerprint density at radius 3 is 1.83 bits per heavy atom. The van der Waals surface area contributed by atoms with Gasteiger partial charge in [0, 0.05) is 25.9 Å². The highest BCUT2D eigenvalue weighted by molar-refractivity contribution is 5.84. The Balaban J connectivity index is 2.03. The number of hydrogen-bond acceptors (Lipinski definition) is 3. The summed E-state index contributed by atoms with van der Waals surface area (Å²) in [5, 5.41) is 9.77. The maximum Gasteiger partial charge on any atom is 0.416 e. The molecule has 1 fully saturated rings. The number of aliphatic hydroxyl groups is 1. The summed E-state index contributed by atoms with van der Waals surface area (Å²) in [5.41, 5.74) is -4.74. The summed E-state index contributed by atoms with van der Waals surface area (Å²) in [5.74, 6) is -1.03. The van der Waals surface area contributed by atoms with Crippen LogP contribution in [0.2, 0.25) is 0 Å². The predicted molar refractivity (Wildman–Crippen MR) is 95.4 cm³/mol. The van der Waals surface area contributed by atoms with Gasteiger partial charge in [0.1, 0.15) is 11.4 Å². The van der Waals surface area contributed by atoms with Crippen LogP contribution in [0.25, 0.3) is 0 Å². The molecular weight excluding hydrogens is 416 g/mol. The number of hydrogen-bond donors (Lipinski definition) is 1. The van der Waals surface area contributed by atoms with Crippen LogP contribution in [-0.4, -0.2) is 40.4 Å². The number of Topliss-reactive ketones (excluding diaryl/α,β-unsaturated/α-hetero) is 1. The summed E-state index contributed by atoms with van der Waals surface area (Å²) < 4.78 is 77.6. The summed E-state index contributed by atoms with van der Waals surface area (Å²) in [6, 6.07) is 1.17. The standard InChI is InChI=1S/C20H23F6NO3/c1-18(2,30)17(29)27-5-3-12(4-6-27)9-16(28)10-13-7-14(19(21,22)23)11-15(8-13)20(24,25)26/h7-8,11-12,30H,3-6,9-10H2,1-2H3. The quantitative estimate of drug-likeness (QED) is 0.699. The van der Waals surface area contributed by atoms with E-state index in [9.17, 15) is 41.0 Å². The third kappa shape index (κ3) is 6.45. The van der Waals surface area contributed by atoms with Crippen molar-refractivity contribution in [1.82, 2.24) is 4.90 Å². The van der Waals surface area contributed by atoms with E-state index in [1.54, 1.807) is 0 Å². The number of benzene rings is 1. The molecule has 0 aliphatic carbocycles. The molecule has 1 N–H and O–H groups in total. The van der Waals surface area contributed by atoms with Crippen molar-refractivity contribution in [3.8, 4) is 0 Å².